The summed E-state index contributed by atoms with van der Waals surface area (Å²) in [5, 5.41) is 8.61. The smallest absolute Gasteiger partial charge is 0.319 e. The first-order chi connectivity index (χ1) is 8.84. The van der Waals surface area contributed by atoms with Gasteiger partial charge in [0.05, 0.1) is 18.6 Å². The SMILES string of the molecule is CC(=O)C1(CO)CC1.CCOC(=O)C1(C(C)=O)CC1. The Balaban J connectivity index is 0.000000200. The Bertz CT molecular complexity index is 377. The summed E-state index contributed by atoms with van der Waals surface area (Å²) in [6.07, 6.45) is 3.11. The van der Waals surface area contributed by atoms with Gasteiger partial charge in [0, 0.05) is 0 Å². The lowest BCUT2D eigenvalue weighted by Crippen LogP contribution is -2.25. The first-order valence-electron chi connectivity index (χ1n) is 6.65. The number of hydrogen-bond acceptors (Lipinski definition) is 5. The topological polar surface area (TPSA) is 80.7 Å². The number of rotatable bonds is 5. The predicted molar refractivity (Wildman–Crippen MR) is 68.4 cm³/mol. The molecule has 19 heavy (non-hydrogen) atoms. The molecule has 5 nitrogen and oxygen atoms in total. The Labute approximate surface area is 113 Å². The van der Waals surface area contributed by atoms with Crippen molar-refractivity contribution in [1.82, 2.24) is 0 Å². The highest BCUT2D eigenvalue weighted by Gasteiger charge is 2.55. The van der Waals surface area contributed by atoms with Gasteiger partial charge in [0.2, 0.25) is 0 Å². The van der Waals surface area contributed by atoms with Gasteiger partial charge in [-0.2, -0.15) is 0 Å². The van der Waals surface area contributed by atoms with Crippen molar-refractivity contribution in [3.63, 3.8) is 0 Å². The van der Waals surface area contributed by atoms with Crippen LogP contribution in [-0.2, 0) is 19.1 Å². The molecule has 0 saturated heterocycles. The zero-order valence-corrected chi connectivity index (χ0v) is 11.8. The molecule has 0 spiro atoms. The fourth-order valence-electron chi connectivity index (χ4n) is 1.87. The first kappa shape index (κ1) is 15.8. The molecular formula is C14H22O5. The van der Waals surface area contributed by atoms with Crippen LogP contribution < -0.4 is 0 Å². The summed E-state index contributed by atoms with van der Waals surface area (Å²) in [6.45, 7) is 5.14. The second-order valence-electron chi connectivity index (χ2n) is 5.35. The van der Waals surface area contributed by atoms with Crippen molar-refractivity contribution in [2.45, 2.75) is 46.5 Å². The molecule has 0 amide bonds. The van der Waals surface area contributed by atoms with E-state index in [0.29, 0.717) is 19.4 Å². The summed E-state index contributed by atoms with van der Waals surface area (Å²) < 4.78 is 4.77. The van der Waals surface area contributed by atoms with E-state index in [9.17, 15) is 14.4 Å². The molecule has 108 valence electrons. The standard InChI is InChI=1S/C8H12O3.C6H10O2/c1-3-11-7(10)8(4-5-8)6(2)9;1-5(8)6(4-7)2-3-6/h3-5H2,1-2H3;7H,2-4H2,1H3. The Morgan fingerprint density at radius 3 is 1.74 bits per heavy atom. The number of hydrogen-bond donors (Lipinski definition) is 1. The van der Waals surface area contributed by atoms with Crippen molar-refractivity contribution in [1.29, 1.82) is 0 Å². The molecule has 2 rings (SSSR count). The molecule has 0 aromatic carbocycles. The Morgan fingerprint density at radius 1 is 1.05 bits per heavy atom. The molecule has 0 aliphatic heterocycles. The van der Waals surface area contributed by atoms with Gasteiger partial charge in [0.25, 0.3) is 0 Å². The van der Waals surface area contributed by atoms with Crippen LogP contribution in [0.3, 0.4) is 0 Å². The van der Waals surface area contributed by atoms with Gasteiger partial charge in [-0.1, -0.05) is 0 Å². The summed E-state index contributed by atoms with van der Waals surface area (Å²) in [5.41, 5.74) is -1.03. The van der Waals surface area contributed by atoms with E-state index in [0.717, 1.165) is 12.8 Å². The number of Topliss-reactive ketones (excluding diaryl/α,β-unsaturated/α-hetero) is 2. The maximum atomic E-state index is 11.1. The fourth-order valence-corrected chi connectivity index (χ4v) is 1.87. The number of aliphatic hydroxyl groups excluding tert-OH is 1. The average molecular weight is 270 g/mol. The molecule has 2 aliphatic carbocycles. The van der Waals surface area contributed by atoms with Crippen LogP contribution in [0.15, 0.2) is 0 Å². The van der Waals surface area contributed by atoms with Crippen molar-refractivity contribution in [2.24, 2.45) is 10.8 Å². The minimum absolute atomic E-state index is 0.0440. The molecule has 5 heteroatoms. The van der Waals surface area contributed by atoms with Crippen molar-refractivity contribution in [3.8, 4) is 0 Å². The molecule has 0 heterocycles. The van der Waals surface area contributed by atoms with Crippen LogP contribution in [0.5, 0.6) is 0 Å². The largest absolute Gasteiger partial charge is 0.465 e. The highest BCUT2D eigenvalue weighted by Crippen LogP contribution is 2.47. The van der Waals surface area contributed by atoms with E-state index >= 15 is 0 Å². The van der Waals surface area contributed by atoms with E-state index < -0.39 is 5.41 Å². The van der Waals surface area contributed by atoms with Crippen molar-refractivity contribution < 1.29 is 24.2 Å². The number of esters is 1. The molecule has 2 aliphatic rings. The van der Waals surface area contributed by atoms with Gasteiger partial charge in [-0.25, -0.2) is 0 Å². The Kier molecular flexibility index (Phi) is 4.85. The van der Waals surface area contributed by atoms with E-state index in [-0.39, 0.29) is 29.6 Å². The van der Waals surface area contributed by atoms with Crippen LogP contribution in [0, 0.1) is 10.8 Å². The molecule has 0 atom stereocenters. The molecule has 0 bridgehead atoms. The van der Waals surface area contributed by atoms with Gasteiger partial charge in [-0.3, -0.25) is 14.4 Å². The minimum atomic E-state index is -0.740. The summed E-state index contributed by atoms with van der Waals surface area (Å²) in [5.74, 6) is -0.261. The second-order valence-corrected chi connectivity index (χ2v) is 5.35. The van der Waals surface area contributed by atoms with Crippen LogP contribution in [0.2, 0.25) is 0 Å². The third kappa shape index (κ3) is 3.41. The van der Waals surface area contributed by atoms with Gasteiger partial charge in [0.15, 0.2) is 0 Å². The lowest BCUT2D eigenvalue weighted by atomic mass is 10.0. The fraction of sp³-hybridized carbons (Fsp3) is 0.786. The predicted octanol–water partition coefficient (Wildman–Crippen LogP) is 1.27. The van der Waals surface area contributed by atoms with Gasteiger partial charge >= 0.3 is 5.97 Å². The zero-order chi connectivity index (χ0) is 14.7. The lowest BCUT2D eigenvalue weighted by molar-refractivity contribution is -0.153. The normalized spacial score (nSPS) is 20.6. The summed E-state index contributed by atoms with van der Waals surface area (Å²) >= 11 is 0. The zero-order valence-electron chi connectivity index (χ0n) is 11.8. The lowest BCUT2D eigenvalue weighted by Gasteiger charge is -2.08. The quantitative estimate of drug-likeness (QED) is 0.601. The third-order valence-electron chi connectivity index (χ3n) is 3.99. The highest BCUT2D eigenvalue weighted by molar-refractivity contribution is 6.05. The Hall–Kier alpha value is -1.23. The number of aliphatic hydroxyl groups is 1. The van der Waals surface area contributed by atoms with Gasteiger partial charge < -0.3 is 9.84 Å². The molecule has 0 aromatic heterocycles. The van der Waals surface area contributed by atoms with E-state index in [1.54, 1.807) is 13.8 Å². The highest BCUT2D eigenvalue weighted by atomic mass is 16.5. The van der Waals surface area contributed by atoms with E-state index in [4.69, 9.17) is 9.84 Å². The molecular weight excluding hydrogens is 248 g/mol. The first-order valence-corrected chi connectivity index (χ1v) is 6.65. The number of carbonyl (C=O) groups excluding carboxylic acids is 3. The molecule has 1 N–H and O–H groups in total. The van der Waals surface area contributed by atoms with Gasteiger partial charge in [0.1, 0.15) is 17.0 Å². The molecule has 0 aromatic rings. The molecule has 0 radical (unpaired) electrons. The van der Waals surface area contributed by atoms with Gasteiger partial charge in [-0.05, 0) is 46.5 Å². The van der Waals surface area contributed by atoms with Crippen molar-refractivity contribution >= 4 is 17.5 Å². The molecule has 0 unspecified atom stereocenters. The molecule has 2 fully saturated rings. The number of ether oxygens (including phenoxy) is 1. The van der Waals surface area contributed by atoms with E-state index in [2.05, 4.69) is 0 Å². The van der Waals surface area contributed by atoms with E-state index in [1.165, 1.54) is 6.92 Å². The third-order valence-corrected chi connectivity index (χ3v) is 3.99. The van der Waals surface area contributed by atoms with Crippen LogP contribution >= 0.6 is 0 Å². The number of ketones is 2. The van der Waals surface area contributed by atoms with E-state index in [1.807, 2.05) is 0 Å². The van der Waals surface area contributed by atoms with Crippen LogP contribution in [0.25, 0.3) is 0 Å². The minimum Gasteiger partial charge on any atom is -0.465 e. The van der Waals surface area contributed by atoms with Crippen LogP contribution in [0.4, 0.5) is 0 Å². The van der Waals surface area contributed by atoms with Gasteiger partial charge in [-0.15, -0.1) is 0 Å². The average Bonchev–Trinajstić information content (AvgIpc) is 3.23. The summed E-state index contributed by atoms with van der Waals surface area (Å²) in [4.78, 5) is 32.7. The van der Waals surface area contributed by atoms with Crippen LogP contribution in [-0.4, -0.2) is 35.9 Å². The van der Waals surface area contributed by atoms with Crippen molar-refractivity contribution in [3.05, 3.63) is 0 Å². The summed E-state index contributed by atoms with van der Waals surface area (Å²) in [6, 6.07) is 0. The summed E-state index contributed by atoms with van der Waals surface area (Å²) in [7, 11) is 0. The maximum absolute atomic E-state index is 11.1. The Morgan fingerprint density at radius 2 is 1.58 bits per heavy atom. The van der Waals surface area contributed by atoms with Crippen molar-refractivity contribution in [2.75, 3.05) is 13.2 Å². The maximum Gasteiger partial charge on any atom is 0.319 e. The number of carbonyl (C=O) groups is 3. The second kappa shape index (κ2) is 5.82. The molecule has 2 saturated carbocycles. The van der Waals surface area contributed by atoms with Crippen LogP contribution in [0.1, 0.15) is 46.5 Å². The monoisotopic (exact) mass is 270 g/mol.